The summed E-state index contributed by atoms with van der Waals surface area (Å²) in [5.74, 6) is 0.495. The van der Waals surface area contributed by atoms with E-state index in [1.54, 1.807) is 0 Å². The predicted molar refractivity (Wildman–Crippen MR) is 158 cm³/mol. The molecule has 7 heteroatoms. The van der Waals surface area contributed by atoms with E-state index >= 15 is 0 Å². The number of aliphatic hydroxyl groups is 1. The van der Waals surface area contributed by atoms with Crippen LogP contribution in [0.2, 0.25) is 0 Å². The number of benzene rings is 2. The molecule has 2 aromatic rings. The summed E-state index contributed by atoms with van der Waals surface area (Å²) in [7, 11) is 0. The first-order valence-electron chi connectivity index (χ1n) is 14.1. The molecule has 2 aromatic carbocycles. The molecular weight excluding hydrogens is 510 g/mol. The van der Waals surface area contributed by atoms with E-state index in [0.29, 0.717) is 45.0 Å². The van der Waals surface area contributed by atoms with Gasteiger partial charge in [0.2, 0.25) is 0 Å². The van der Waals surface area contributed by atoms with Crippen LogP contribution < -0.4 is 0 Å². The number of esters is 1. The Kier molecular flexibility index (Phi) is 11.9. The predicted octanol–water partition coefficient (Wildman–Crippen LogP) is 5.61. The lowest BCUT2D eigenvalue weighted by Crippen LogP contribution is -2.50. The summed E-state index contributed by atoms with van der Waals surface area (Å²) < 4.78 is 17.2. The third-order valence-corrected chi connectivity index (χ3v) is 8.09. The molecule has 1 N–H and O–H groups in total. The van der Waals surface area contributed by atoms with Crippen molar-refractivity contribution in [2.24, 2.45) is 5.92 Å². The van der Waals surface area contributed by atoms with Gasteiger partial charge in [-0.15, -0.1) is 11.8 Å². The molecule has 1 saturated carbocycles. The van der Waals surface area contributed by atoms with E-state index in [1.807, 2.05) is 6.26 Å². The minimum atomic E-state index is -0.405. The Labute approximate surface area is 237 Å². The number of ether oxygens (including phenoxy) is 3. The van der Waals surface area contributed by atoms with Crippen molar-refractivity contribution in [1.29, 1.82) is 0 Å². The zero-order valence-electron chi connectivity index (χ0n) is 23.3. The second kappa shape index (κ2) is 15.6. The van der Waals surface area contributed by atoms with E-state index in [9.17, 15) is 9.90 Å². The van der Waals surface area contributed by atoms with Crippen LogP contribution in [0.15, 0.2) is 60.7 Å². The van der Waals surface area contributed by atoms with E-state index in [4.69, 9.17) is 14.2 Å². The number of carbonyl (C=O) groups is 1. The molecule has 0 amide bonds. The summed E-state index contributed by atoms with van der Waals surface area (Å²) in [6.45, 7) is 5.75. The molecule has 0 bridgehead atoms. The molecule has 1 heterocycles. The van der Waals surface area contributed by atoms with Gasteiger partial charge in [0, 0.05) is 37.9 Å². The number of nitrogens with zero attached hydrogens (tertiary/aromatic N) is 1. The Morgan fingerprint density at radius 2 is 1.72 bits per heavy atom. The topological polar surface area (TPSA) is 68.2 Å². The first-order valence-corrected chi connectivity index (χ1v) is 15.5. The highest BCUT2D eigenvalue weighted by Crippen LogP contribution is 2.37. The standard InChI is InChI=1S/C32H43NO5S/c1-24-9-13-26(14-10-24)27-15-11-25(12-16-27)22-37-30-21-29(34)32(33-17-19-36-20-18-33)28(30)7-5-3-4-6-8-31(35)38-23-39-2/h3-4,9-16,28-30,32,34H,5-8,17-23H2,1-2H3/b4-3+/t28-,29-,30-,32+/m0/s1. The van der Waals surface area contributed by atoms with Crippen LogP contribution in [0, 0.1) is 12.8 Å². The normalized spacial score (nSPS) is 23.9. The summed E-state index contributed by atoms with van der Waals surface area (Å²) in [5, 5.41) is 11.1. The number of allylic oxidation sites excluding steroid dienone is 2. The van der Waals surface area contributed by atoms with Crippen LogP contribution >= 0.6 is 11.8 Å². The zero-order chi connectivity index (χ0) is 27.5. The van der Waals surface area contributed by atoms with Crippen LogP contribution in [-0.4, -0.2) is 72.7 Å². The van der Waals surface area contributed by atoms with E-state index in [2.05, 4.69) is 72.5 Å². The number of morpholine rings is 1. The molecule has 2 aliphatic rings. The van der Waals surface area contributed by atoms with Crippen LogP contribution in [0.3, 0.4) is 0 Å². The van der Waals surface area contributed by atoms with Gasteiger partial charge in [-0.05, 0) is 49.1 Å². The molecule has 4 rings (SSSR count). The highest BCUT2D eigenvalue weighted by Gasteiger charge is 2.45. The van der Waals surface area contributed by atoms with Crippen molar-refractivity contribution in [3.8, 4) is 11.1 Å². The first-order chi connectivity index (χ1) is 19.0. The summed E-state index contributed by atoms with van der Waals surface area (Å²) in [4.78, 5) is 14.1. The maximum Gasteiger partial charge on any atom is 0.306 e. The van der Waals surface area contributed by atoms with Gasteiger partial charge in [0.25, 0.3) is 0 Å². The summed E-state index contributed by atoms with van der Waals surface area (Å²) in [6, 6.07) is 17.3. The number of aliphatic hydroxyl groups excluding tert-OH is 1. The summed E-state index contributed by atoms with van der Waals surface area (Å²) in [5.41, 5.74) is 4.81. The van der Waals surface area contributed by atoms with Crippen LogP contribution in [0.25, 0.3) is 11.1 Å². The van der Waals surface area contributed by atoms with Gasteiger partial charge < -0.3 is 19.3 Å². The number of aryl methyl sites for hydroxylation is 1. The van der Waals surface area contributed by atoms with E-state index in [-0.39, 0.29) is 24.0 Å². The van der Waals surface area contributed by atoms with Gasteiger partial charge in [0.05, 0.1) is 32.0 Å². The SMILES string of the molecule is CSCOC(=O)CC/C=C/CC[C@@H]1[C@@H](N2CCOCC2)[C@@H](O)C[C@@H]1OCc1ccc(-c2ccc(C)cc2)cc1. The zero-order valence-corrected chi connectivity index (χ0v) is 24.1. The number of thioether (sulfide) groups is 1. The molecule has 1 aliphatic heterocycles. The van der Waals surface area contributed by atoms with Crippen LogP contribution in [0.1, 0.15) is 43.2 Å². The van der Waals surface area contributed by atoms with Crippen LogP contribution in [-0.2, 0) is 25.6 Å². The Balaban J connectivity index is 1.33. The maximum atomic E-state index is 11.7. The average molecular weight is 554 g/mol. The van der Waals surface area contributed by atoms with Crippen molar-refractivity contribution in [2.45, 2.75) is 63.9 Å². The lowest BCUT2D eigenvalue weighted by molar-refractivity contribution is -0.141. The quantitative estimate of drug-likeness (QED) is 0.196. The molecule has 0 spiro atoms. The minimum Gasteiger partial charge on any atom is -0.455 e. The van der Waals surface area contributed by atoms with Crippen molar-refractivity contribution in [2.75, 3.05) is 38.5 Å². The van der Waals surface area contributed by atoms with E-state index in [0.717, 1.165) is 31.5 Å². The second-order valence-electron chi connectivity index (χ2n) is 10.5. The molecule has 2 fully saturated rings. The summed E-state index contributed by atoms with van der Waals surface area (Å²) in [6.07, 6.45) is 9.31. The maximum absolute atomic E-state index is 11.7. The van der Waals surface area contributed by atoms with Crippen molar-refractivity contribution in [3.63, 3.8) is 0 Å². The fourth-order valence-corrected chi connectivity index (χ4v) is 5.91. The average Bonchev–Trinajstić information content (AvgIpc) is 3.28. The molecule has 39 heavy (non-hydrogen) atoms. The molecule has 1 aliphatic carbocycles. The lowest BCUT2D eigenvalue weighted by atomic mass is 9.93. The van der Waals surface area contributed by atoms with Gasteiger partial charge in [0.1, 0.15) is 5.94 Å². The largest absolute Gasteiger partial charge is 0.455 e. The lowest BCUT2D eigenvalue weighted by Gasteiger charge is -2.38. The molecule has 0 aromatic heterocycles. The van der Waals surface area contributed by atoms with Gasteiger partial charge in [-0.1, -0.05) is 66.2 Å². The van der Waals surface area contributed by atoms with Crippen molar-refractivity contribution in [1.82, 2.24) is 4.90 Å². The second-order valence-corrected chi connectivity index (χ2v) is 11.3. The van der Waals surface area contributed by atoms with Crippen molar-refractivity contribution >= 4 is 17.7 Å². The molecular formula is C32H43NO5S. The molecule has 0 unspecified atom stereocenters. The smallest absolute Gasteiger partial charge is 0.306 e. The molecule has 0 radical (unpaired) electrons. The number of rotatable bonds is 13. The van der Waals surface area contributed by atoms with Gasteiger partial charge in [0.15, 0.2) is 0 Å². The van der Waals surface area contributed by atoms with Crippen molar-refractivity contribution < 1.29 is 24.1 Å². The highest BCUT2D eigenvalue weighted by atomic mass is 32.2. The Bertz CT molecular complexity index is 1040. The monoisotopic (exact) mass is 553 g/mol. The molecule has 212 valence electrons. The number of hydrogen-bond acceptors (Lipinski definition) is 7. The Morgan fingerprint density at radius 1 is 1.05 bits per heavy atom. The minimum absolute atomic E-state index is 0.000424. The molecule has 4 atom stereocenters. The van der Waals surface area contributed by atoms with Gasteiger partial charge in [-0.25, -0.2) is 0 Å². The Hall–Kier alpha value is -2.16. The third-order valence-electron chi connectivity index (χ3n) is 7.74. The van der Waals surface area contributed by atoms with Gasteiger partial charge in [-0.3, -0.25) is 9.69 Å². The highest BCUT2D eigenvalue weighted by molar-refractivity contribution is 7.98. The van der Waals surface area contributed by atoms with Crippen LogP contribution in [0.5, 0.6) is 0 Å². The number of hydrogen-bond donors (Lipinski definition) is 1. The van der Waals surface area contributed by atoms with E-state index < -0.39 is 6.10 Å². The number of carbonyl (C=O) groups excluding carboxylic acids is 1. The fraction of sp³-hybridized carbons (Fsp3) is 0.531. The van der Waals surface area contributed by atoms with E-state index in [1.165, 1.54) is 28.5 Å². The fourth-order valence-electron chi connectivity index (χ4n) is 5.66. The molecule has 1 saturated heterocycles. The summed E-state index contributed by atoms with van der Waals surface area (Å²) >= 11 is 1.50. The Morgan fingerprint density at radius 3 is 2.41 bits per heavy atom. The molecule has 6 nitrogen and oxygen atoms in total. The van der Waals surface area contributed by atoms with Crippen LogP contribution in [0.4, 0.5) is 0 Å². The van der Waals surface area contributed by atoms with Gasteiger partial charge in [-0.2, -0.15) is 0 Å². The van der Waals surface area contributed by atoms with Gasteiger partial charge >= 0.3 is 5.97 Å². The third kappa shape index (κ3) is 8.92. The van der Waals surface area contributed by atoms with Crippen molar-refractivity contribution in [3.05, 3.63) is 71.8 Å². The first kappa shape index (κ1) is 29.8.